The first-order chi connectivity index (χ1) is 5.75. The van der Waals surface area contributed by atoms with Gasteiger partial charge in [-0.15, -0.1) is 5.73 Å². The SMILES string of the molecule is CC=C=C(C(C)(C)CO)[Si](C)(C)C. The Morgan fingerprint density at radius 3 is 2.08 bits per heavy atom. The maximum absolute atomic E-state index is 9.30. The Morgan fingerprint density at radius 2 is 1.85 bits per heavy atom. The third kappa shape index (κ3) is 3.51. The summed E-state index contributed by atoms with van der Waals surface area (Å²) in [6.45, 7) is 13.2. The van der Waals surface area contributed by atoms with Crippen LogP contribution >= 0.6 is 0 Å². The summed E-state index contributed by atoms with van der Waals surface area (Å²) in [4.78, 5) is 0. The van der Waals surface area contributed by atoms with Crippen molar-refractivity contribution in [2.45, 2.75) is 40.4 Å². The van der Waals surface area contributed by atoms with Gasteiger partial charge in [-0.25, -0.2) is 0 Å². The zero-order chi connectivity index (χ0) is 10.7. The molecule has 0 saturated carbocycles. The Balaban J connectivity index is 5.21. The summed E-state index contributed by atoms with van der Waals surface area (Å²) in [5, 5.41) is 10.6. The van der Waals surface area contributed by atoms with Crippen LogP contribution in [0.15, 0.2) is 17.0 Å². The van der Waals surface area contributed by atoms with Gasteiger partial charge in [-0.2, -0.15) is 0 Å². The number of hydrogen-bond donors (Lipinski definition) is 1. The van der Waals surface area contributed by atoms with Gasteiger partial charge in [0.05, 0.1) is 14.7 Å². The van der Waals surface area contributed by atoms with Gasteiger partial charge in [0.2, 0.25) is 0 Å². The topological polar surface area (TPSA) is 20.2 Å². The lowest BCUT2D eigenvalue weighted by atomic mass is 9.94. The highest BCUT2D eigenvalue weighted by Gasteiger charge is 2.32. The van der Waals surface area contributed by atoms with Gasteiger partial charge in [-0.05, 0) is 18.2 Å². The van der Waals surface area contributed by atoms with Crippen LogP contribution in [0.2, 0.25) is 19.6 Å². The normalized spacial score (nSPS) is 12.2. The van der Waals surface area contributed by atoms with Crippen molar-refractivity contribution in [1.82, 2.24) is 0 Å². The second kappa shape index (κ2) is 4.27. The Hall–Kier alpha value is -0.303. The van der Waals surface area contributed by atoms with Crippen LogP contribution in [0.1, 0.15) is 20.8 Å². The van der Waals surface area contributed by atoms with E-state index in [4.69, 9.17) is 0 Å². The molecule has 0 radical (unpaired) electrons. The smallest absolute Gasteiger partial charge is 0.0831 e. The largest absolute Gasteiger partial charge is 0.395 e. The highest BCUT2D eigenvalue weighted by molar-refractivity contribution is 6.83. The van der Waals surface area contributed by atoms with E-state index >= 15 is 0 Å². The van der Waals surface area contributed by atoms with Crippen molar-refractivity contribution >= 4 is 8.07 Å². The molecule has 0 aliphatic rings. The van der Waals surface area contributed by atoms with E-state index in [-0.39, 0.29) is 12.0 Å². The molecular formula is C11H22OSi. The Labute approximate surface area is 83.2 Å². The average Bonchev–Trinajstić information content (AvgIpc) is 1.98. The maximum Gasteiger partial charge on any atom is 0.0831 e. The molecule has 0 aromatic rings. The Bertz CT molecular complexity index is 227. The summed E-state index contributed by atoms with van der Waals surface area (Å²) < 4.78 is 0. The van der Waals surface area contributed by atoms with Crippen LogP contribution in [0.25, 0.3) is 0 Å². The fourth-order valence-corrected chi connectivity index (χ4v) is 4.34. The molecule has 0 saturated heterocycles. The van der Waals surface area contributed by atoms with Gasteiger partial charge >= 0.3 is 0 Å². The van der Waals surface area contributed by atoms with Crippen LogP contribution in [0.5, 0.6) is 0 Å². The summed E-state index contributed by atoms with van der Waals surface area (Å²) in [7, 11) is -1.35. The molecule has 0 heterocycles. The van der Waals surface area contributed by atoms with Crippen molar-refractivity contribution in [3.8, 4) is 0 Å². The van der Waals surface area contributed by atoms with Gasteiger partial charge < -0.3 is 5.11 Å². The van der Waals surface area contributed by atoms with Gasteiger partial charge in [0, 0.05) is 5.41 Å². The molecule has 0 unspecified atom stereocenters. The van der Waals surface area contributed by atoms with Crippen LogP contribution < -0.4 is 0 Å². The molecule has 1 nitrogen and oxygen atoms in total. The summed E-state index contributed by atoms with van der Waals surface area (Å²) in [5.74, 6) is 0. The number of rotatable bonds is 3. The predicted octanol–water partition coefficient (Wildman–Crippen LogP) is 2.98. The highest BCUT2D eigenvalue weighted by Crippen LogP contribution is 2.32. The molecule has 0 spiro atoms. The summed E-state index contributed by atoms with van der Waals surface area (Å²) >= 11 is 0. The third-order valence-electron chi connectivity index (χ3n) is 2.11. The van der Waals surface area contributed by atoms with E-state index in [0.29, 0.717) is 0 Å². The monoisotopic (exact) mass is 198 g/mol. The molecule has 0 aliphatic carbocycles. The van der Waals surface area contributed by atoms with E-state index in [1.807, 2.05) is 13.0 Å². The molecule has 0 aromatic heterocycles. The van der Waals surface area contributed by atoms with Crippen molar-refractivity contribution in [2.24, 2.45) is 5.41 Å². The van der Waals surface area contributed by atoms with Gasteiger partial charge in [-0.1, -0.05) is 33.5 Å². The van der Waals surface area contributed by atoms with E-state index in [9.17, 15) is 5.11 Å². The van der Waals surface area contributed by atoms with E-state index in [0.717, 1.165) is 0 Å². The first-order valence-corrected chi connectivity index (χ1v) is 8.29. The molecule has 13 heavy (non-hydrogen) atoms. The van der Waals surface area contributed by atoms with Gasteiger partial charge in [0.25, 0.3) is 0 Å². The lowest BCUT2D eigenvalue weighted by Crippen LogP contribution is -2.35. The summed E-state index contributed by atoms with van der Waals surface area (Å²) in [6.07, 6.45) is 1.95. The van der Waals surface area contributed by atoms with E-state index in [1.165, 1.54) is 5.20 Å². The number of aliphatic hydroxyl groups is 1. The molecule has 0 atom stereocenters. The van der Waals surface area contributed by atoms with Crippen molar-refractivity contribution in [3.05, 3.63) is 17.0 Å². The highest BCUT2D eigenvalue weighted by atomic mass is 28.3. The van der Waals surface area contributed by atoms with Crippen molar-refractivity contribution in [1.29, 1.82) is 0 Å². The van der Waals surface area contributed by atoms with Crippen LogP contribution in [-0.2, 0) is 0 Å². The molecule has 0 rings (SSSR count). The predicted molar refractivity (Wildman–Crippen MR) is 61.5 cm³/mol. The van der Waals surface area contributed by atoms with E-state index < -0.39 is 8.07 Å². The molecule has 1 N–H and O–H groups in total. The Morgan fingerprint density at radius 1 is 1.38 bits per heavy atom. The standard InChI is InChI=1S/C11H22OSi/c1-7-8-10(13(4,5)6)11(2,3)9-12/h7,12H,9H2,1-6H3. The third-order valence-corrected chi connectivity index (χ3v) is 4.43. The zero-order valence-electron chi connectivity index (χ0n) is 9.73. The van der Waals surface area contributed by atoms with Crippen molar-refractivity contribution in [3.63, 3.8) is 0 Å². The zero-order valence-corrected chi connectivity index (χ0v) is 10.7. The Kier molecular flexibility index (Phi) is 4.17. The molecule has 2 heteroatoms. The lowest BCUT2D eigenvalue weighted by Gasteiger charge is -2.32. The van der Waals surface area contributed by atoms with Crippen LogP contribution in [0.3, 0.4) is 0 Å². The second-order valence-corrected chi connectivity index (χ2v) is 10.1. The first-order valence-electron chi connectivity index (χ1n) is 4.79. The first kappa shape index (κ1) is 12.7. The quantitative estimate of drug-likeness (QED) is 0.546. The van der Waals surface area contributed by atoms with E-state index in [2.05, 4.69) is 39.2 Å². The average molecular weight is 198 g/mol. The fourth-order valence-electron chi connectivity index (χ4n) is 1.65. The minimum atomic E-state index is -1.35. The van der Waals surface area contributed by atoms with Crippen molar-refractivity contribution < 1.29 is 5.11 Å². The fraction of sp³-hybridized carbons (Fsp3) is 0.727. The van der Waals surface area contributed by atoms with Crippen LogP contribution in [0.4, 0.5) is 0 Å². The number of aliphatic hydroxyl groups excluding tert-OH is 1. The molecule has 0 aromatic carbocycles. The van der Waals surface area contributed by atoms with Crippen LogP contribution in [0, 0.1) is 5.41 Å². The number of hydrogen-bond acceptors (Lipinski definition) is 1. The summed E-state index contributed by atoms with van der Waals surface area (Å²) in [5.41, 5.74) is 3.19. The lowest BCUT2D eigenvalue weighted by molar-refractivity contribution is 0.195. The molecule has 0 fully saturated rings. The van der Waals surface area contributed by atoms with E-state index in [1.54, 1.807) is 0 Å². The molecule has 0 aliphatic heterocycles. The van der Waals surface area contributed by atoms with Gasteiger partial charge in [0.15, 0.2) is 0 Å². The summed E-state index contributed by atoms with van der Waals surface area (Å²) in [6, 6.07) is 0. The molecule has 0 bridgehead atoms. The van der Waals surface area contributed by atoms with Gasteiger partial charge in [-0.3, -0.25) is 0 Å². The minimum Gasteiger partial charge on any atom is -0.395 e. The van der Waals surface area contributed by atoms with Gasteiger partial charge in [0.1, 0.15) is 0 Å². The minimum absolute atomic E-state index is 0.114. The molecule has 0 amide bonds. The molecule has 76 valence electrons. The molecular weight excluding hydrogens is 176 g/mol. The second-order valence-electron chi connectivity index (χ2n) is 5.10. The van der Waals surface area contributed by atoms with Crippen molar-refractivity contribution in [2.75, 3.05) is 6.61 Å². The maximum atomic E-state index is 9.30. The van der Waals surface area contributed by atoms with Crippen LogP contribution in [-0.4, -0.2) is 19.8 Å².